The first-order valence-corrected chi connectivity index (χ1v) is 7.78. The van der Waals surface area contributed by atoms with Crippen molar-refractivity contribution in [2.24, 2.45) is 17.8 Å². The van der Waals surface area contributed by atoms with E-state index in [4.69, 9.17) is 0 Å². The van der Waals surface area contributed by atoms with Crippen LogP contribution in [0.5, 0.6) is 0 Å². The lowest BCUT2D eigenvalue weighted by Crippen LogP contribution is -2.44. The Bertz CT molecular complexity index is 608. The van der Waals surface area contributed by atoms with Gasteiger partial charge in [0.2, 0.25) is 5.91 Å². The molecule has 1 aliphatic heterocycles. The lowest BCUT2D eigenvalue weighted by molar-refractivity contribution is -0.152. The molecule has 1 N–H and O–H groups in total. The fourth-order valence-electron chi connectivity index (χ4n) is 3.83. The minimum Gasteiger partial charge on any atom is -0.479 e. The highest BCUT2D eigenvalue weighted by Crippen LogP contribution is 2.55. The molecule has 0 saturated heterocycles. The summed E-state index contributed by atoms with van der Waals surface area (Å²) in [6, 6.07) is 6.80. The van der Waals surface area contributed by atoms with Gasteiger partial charge in [-0.2, -0.15) is 0 Å². The van der Waals surface area contributed by atoms with Gasteiger partial charge in [-0.25, -0.2) is 4.79 Å². The van der Waals surface area contributed by atoms with Crippen LogP contribution in [0.1, 0.15) is 36.4 Å². The van der Waals surface area contributed by atoms with E-state index < -0.39 is 12.0 Å². The van der Waals surface area contributed by atoms with E-state index in [0.717, 1.165) is 29.9 Å². The molecule has 0 aromatic heterocycles. The molecule has 1 aromatic rings. The van der Waals surface area contributed by atoms with Crippen LogP contribution in [-0.4, -0.2) is 28.4 Å². The SMILES string of the molecule is O=C(O)[C@@H]1c2ccccc2CCN1C(=O)[C@H]1C[C@@H]1C1CC1. The molecule has 0 unspecified atom stereocenters. The Morgan fingerprint density at radius 3 is 2.67 bits per heavy atom. The molecule has 3 atom stereocenters. The van der Waals surface area contributed by atoms with Crippen molar-refractivity contribution in [2.45, 2.75) is 31.7 Å². The van der Waals surface area contributed by atoms with E-state index in [2.05, 4.69) is 0 Å². The van der Waals surface area contributed by atoms with Gasteiger partial charge in [0.15, 0.2) is 6.04 Å². The van der Waals surface area contributed by atoms with Gasteiger partial charge in [-0.05, 0) is 48.6 Å². The summed E-state index contributed by atoms with van der Waals surface area (Å²) < 4.78 is 0. The topological polar surface area (TPSA) is 57.6 Å². The van der Waals surface area contributed by atoms with Gasteiger partial charge in [0.25, 0.3) is 0 Å². The number of fused-ring (bicyclic) bond motifs is 1. The van der Waals surface area contributed by atoms with E-state index in [0.29, 0.717) is 12.5 Å². The minimum absolute atomic E-state index is 0.0637. The molecule has 2 aliphatic carbocycles. The summed E-state index contributed by atoms with van der Waals surface area (Å²) in [7, 11) is 0. The Kier molecular flexibility index (Phi) is 2.81. The second-order valence-electron chi connectivity index (χ2n) is 6.56. The van der Waals surface area contributed by atoms with Crippen LogP contribution < -0.4 is 0 Å². The summed E-state index contributed by atoms with van der Waals surface area (Å²) in [6.07, 6.45) is 4.22. The third-order valence-electron chi connectivity index (χ3n) is 5.18. The van der Waals surface area contributed by atoms with E-state index in [-0.39, 0.29) is 11.8 Å². The normalized spacial score (nSPS) is 30.7. The summed E-state index contributed by atoms with van der Waals surface area (Å²) in [5, 5.41) is 9.60. The zero-order valence-electron chi connectivity index (χ0n) is 11.9. The molecular formula is C17H19NO3. The molecule has 0 radical (unpaired) electrons. The van der Waals surface area contributed by atoms with Crippen molar-refractivity contribution in [2.75, 3.05) is 6.54 Å². The van der Waals surface area contributed by atoms with Crippen LogP contribution in [0.15, 0.2) is 24.3 Å². The molecule has 2 fully saturated rings. The summed E-state index contributed by atoms with van der Waals surface area (Å²) in [4.78, 5) is 26.0. The van der Waals surface area contributed by atoms with E-state index in [1.165, 1.54) is 12.8 Å². The first-order valence-electron chi connectivity index (χ1n) is 7.78. The van der Waals surface area contributed by atoms with Gasteiger partial charge in [0, 0.05) is 12.5 Å². The first-order chi connectivity index (χ1) is 10.2. The van der Waals surface area contributed by atoms with Gasteiger partial charge in [0.1, 0.15) is 0 Å². The zero-order chi connectivity index (χ0) is 14.6. The number of hydrogen-bond donors (Lipinski definition) is 1. The molecule has 4 rings (SSSR count). The molecule has 4 nitrogen and oxygen atoms in total. The van der Waals surface area contributed by atoms with E-state index in [9.17, 15) is 14.7 Å². The number of aliphatic carboxylic acids is 1. The molecular weight excluding hydrogens is 266 g/mol. The van der Waals surface area contributed by atoms with Crippen LogP contribution in [0.2, 0.25) is 0 Å². The monoisotopic (exact) mass is 285 g/mol. The highest BCUT2D eigenvalue weighted by atomic mass is 16.4. The van der Waals surface area contributed by atoms with Crippen LogP contribution in [-0.2, 0) is 16.0 Å². The molecule has 4 heteroatoms. The van der Waals surface area contributed by atoms with Crippen molar-refractivity contribution < 1.29 is 14.7 Å². The molecule has 0 bridgehead atoms. The second-order valence-corrected chi connectivity index (χ2v) is 6.56. The molecule has 1 amide bonds. The molecule has 110 valence electrons. The van der Waals surface area contributed by atoms with Gasteiger partial charge in [-0.1, -0.05) is 24.3 Å². The highest BCUT2D eigenvalue weighted by Gasteiger charge is 2.53. The quantitative estimate of drug-likeness (QED) is 0.926. The molecule has 1 aromatic carbocycles. The van der Waals surface area contributed by atoms with Crippen LogP contribution in [0.4, 0.5) is 0 Å². The average molecular weight is 285 g/mol. The number of amides is 1. The minimum atomic E-state index is -0.917. The number of carbonyl (C=O) groups excluding carboxylic acids is 1. The van der Waals surface area contributed by atoms with Gasteiger partial charge in [0.05, 0.1) is 0 Å². The highest BCUT2D eigenvalue weighted by molar-refractivity contribution is 5.88. The number of hydrogen-bond acceptors (Lipinski definition) is 2. The number of benzene rings is 1. The second kappa shape index (κ2) is 4.58. The van der Waals surface area contributed by atoms with Gasteiger partial charge in [-0.3, -0.25) is 4.79 Å². The maximum atomic E-state index is 12.7. The van der Waals surface area contributed by atoms with Gasteiger partial charge < -0.3 is 10.0 Å². The third-order valence-corrected chi connectivity index (χ3v) is 5.18. The number of rotatable bonds is 3. The predicted molar refractivity (Wildman–Crippen MR) is 76.6 cm³/mol. The Labute approximate surface area is 123 Å². The molecule has 1 heterocycles. The van der Waals surface area contributed by atoms with Crippen LogP contribution in [0.3, 0.4) is 0 Å². The number of carboxylic acid groups (broad SMARTS) is 1. The number of carbonyl (C=O) groups is 2. The summed E-state index contributed by atoms with van der Waals surface area (Å²) in [5.74, 6) is 0.501. The Morgan fingerprint density at radius 1 is 1.19 bits per heavy atom. The van der Waals surface area contributed by atoms with Crippen molar-refractivity contribution in [1.29, 1.82) is 0 Å². The Balaban J connectivity index is 1.60. The number of carboxylic acids is 1. The van der Waals surface area contributed by atoms with Crippen LogP contribution in [0.25, 0.3) is 0 Å². The van der Waals surface area contributed by atoms with Crippen molar-refractivity contribution in [3.8, 4) is 0 Å². The number of nitrogens with zero attached hydrogens (tertiary/aromatic N) is 1. The van der Waals surface area contributed by atoms with Crippen LogP contribution in [0, 0.1) is 17.8 Å². The van der Waals surface area contributed by atoms with Crippen molar-refractivity contribution >= 4 is 11.9 Å². The summed E-state index contributed by atoms with van der Waals surface area (Å²) in [6.45, 7) is 0.528. The van der Waals surface area contributed by atoms with Crippen molar-refractivity contribution in [1.82, 2.24) is 4.90 Å². The molecule has 21 heavy (non-hydrogen) atoms. The Hall–Kier alpha value is -1.84. The maximum absolute atomic E-state index is 12.7. The average Bonchev–Trinajstić information content (AvgIpc) is 3.37. The fourth-order valence-corrected chi connectivity index (χ4v) is 3.83. The predicted octanol–water partition coefficient (Wildman–Crippen LogP) is 2.24. The van der Waals surface area contributed by atoms with E-state index in [1.54, 1.807) is 4.90 Å². The maximum Gasteiger partial charge on any atom is 0.331 e. The molecule has 0 spiro atoms. The van der Waals surface area contributed by atoms with Crippen molar-refractivity contribution in [3.05, 3.63) is 35.4 Å². The zero-order valence-corrected chi connectivity index (χ0v) is 11.9. The lowest BCUT2D eigenvalue weighted by Gasteiger charge is -2.35. The standard InChI is InChI=1S/C17H19NO3/c19-16(14-9-13(14)11-5-6-11)18-8-7-10-3-1-2-4-12(10)15(18)17(20)21/h1-4,11,13-15H,5-9H2,(H,20,21)/t13-,14+,15+/m1/s1. The largest absolute Gasteiger partial charge is 0.479 e. The fraction of sp³-hybridized carbons (Fsp3) is 0.529. The van der Waals surface area contributed by atoms with E-state index in [1.807, 2.05) is 24.3 Å². The first kappa shape index (κ1) is 12.9. The summed E-state index contributed by atoms with van der Waals surface area (Å²) >= 11 is 0. The summed E-state index contributed by atoms with van der Waals surface area (Å²) in [5.41, 5.74) is 1.84. The Morgan fingerprint density at radius 2 is 1.95 bits per heavy atom. The van der Waals surface area contributed by atoms with Crippen LogP contribution >= 0.6 is 0 Å². The van der Waals surface area contributed by atoms with Crippen molar-refractivity contribution in [3.63, 3.8) is 0 Å². The lowest BCUT2D eigenvalue weighted by atomic mass is 9.92. The third kappa shape index (κ3) is 2.13. The molecule has 3 aliphatic rings. The molecule has 2 saturated carbocycles. The van der Waals surface area contributed by atoms with Gasteiger partial charge in [-0.15, -0.1) is 0 Å². The smallest absolute Gasteiger partial charge is 0.331 e. The van der Waals surface area contributed by atoms with Gasteiger partial charge >= 0.3 is 5.97 Å². The van der Waals surface area contributed by atoms with E-state index >= 15 is 0 Å².